The third-order valence-corrected chi connectivity index (χ3v) is 4.12. The fraction of sp³-hybridized carbons (Fsp3) is 0.136. The van der Waals surface area contributed by atoms with E-state index in [4.69, 9.17) is 9.84 Å². The van der Waals surface area contributed by atoms with Crippen molar-refractivity contribution in [2.45, 2.75) is 5.60 Å². The van der Waals surface area contributed by atoms with Gasteiger partial charge in [-0.15, -0.1) is 0 Å². The van der Waals surface area contributed by atoms with Crippen LogP contribution in [-0.4, -0.2) is 23.3 Å². The quantitative estimate of drug-likeness (QED) is 0.667. The standard InChI is InChI=1S/C22H21NO2/c24-17-7-8-18-25-22(19-9-3-1-4-10-19,20-11-5-2-6-12-20)21-13-15-23-16-14-21/h1-16,24H,17-18H2/b8-7-. The zero-order valence-corrected chi connectivity index (χ0v) is 14.0. The molecule has 0 aliphatic carbocycles. The van der Waals surface area contributed by atoms with Gasteiger partial charge in [-0.05, 0) is 28.8 Å². The van der Waals surface area contributed by atoms with Crippen molar-refractivity contribution < 1.29 is 9.84 Å². The van der Waals surface area contributed by atoms with Crippen molar-refractivity contribution in [2.75, 3.05) is 13.2 Å². The van der Waals surface area contributed by atoms with Crippen LogP contribution in [0.25, 0.3) is 0 Å². The van der Waals surface area contributed by atoms with Crippen molar-refractivity contribution in [2.24, 2.45) is 0 Å². The van der Waals surface area contributed by atoms with E-state index in [1.165, 1.54) is 0 Å². The molecule has 2 aromatic carbocycles. The van der Waals surface area contributed by atoms with E-state index in [1.54, 1.807) is 18.5 Å². The fourth-order valence-corrected chi connectivity index (χ4v) is 3.00. The Morgan fingerprint density at radius 2 is 1.28 bits per heavy atom. The highest BCUT2D eigenvalue weighted by Gasteiger charge is 2.37. The van der Waals surface area contributed by atoms with Crippen LogP contribution in [0.3, 0.4) is 0 Å². The maximum Gasteiger partial charge on any atom is 0.144 e. The lowest BCUT2D eigenvalue weighted by atomic mass is 9.80. The summed E-state index contributed by atoms with van der Waals surface area (Å²) in [5.41, 5.74) is 2.36. The Morgan fingerprint density at radius 3 is 1.80 bits per heavy atom. The molecule has 3 rings (SSSR count). The van der Waals surface area contributed by atoms with E-state index in [9.17, 15) is 0 Å². The van der Waals surface area contributed by atoms with Crippen LogP contribution in [0.4, 0.5) is 0 Å². The number of ether oxygens (including phenoxy) is 1. The second-order valence-corrected chi connectivity index (χ2v) is 5.61. The van der Waals surface area contributed by atoms with E-state index in [0.29, 0.717) is 6.61 Å². The zero-order chi connectivity index (χ0) is 17.4. The summed E-state index contributed by atoms with van der Waals surface area (Å²) in [7, 11) is 0. The number of pyridine rings is 1. The highest BCUT2D eigenvalue weighted by Crippen LogP contribution is 2.40. The van der Waals surface area contributed by atoms with Gasteiger partial charge >= 0.3 is 0 Å². The Balaban J connectivity index is 2.18. The smallest absolute Gasteiger partial charge is 0.144 e. The number of aliphatic hydroxyl groups excluding tert-OH is 1. The van der Waals surface area contributed by atoms with E-state index in [0.717, 1.165) is 16.7 Å². The molecule has 0 aliphatic heterocycles. The summed E-state index contributed by atoms with van der Waals surface area (Å²) in [6, 6.07) is 24.3. The molecule has 0 unspecified atom stereocenters. The highest BCUT2D eigenvalue weighted by molar-refractivity contribution is 5.46. The van der Waals surface area contributed by atoms with Crippen LogP contribution < -0.4 is 0 Å². The van der Waals surface area contributed by atoms with Crippen LogP contribution in [0.1, 0.15) is 16.7 Å². The summed E-state index contributed by atoms with van der Waals surface area (Å²) < 4.78 is 6.46. The van der Waals surface area contributed by atoms with Crippen LogP contribution in [-0.2, 0) is 10.3 Å². The summed E-state index contributed by atoms with van der Waals surface area (Å²) in [6.07, 6.45) is 7.08. The maximum absolute atomic E-state index is 9.00. The van der Waals surface area contributed by atoms with Gasteiger partial charge in [0.15, 0.2) is 0 Å². The Kier molecular flexibility index (Phi) is 5.73. The van der Waals surface area contributed by atoms with E-state index in [-0.39, 0.29) is 6.61 Å². The number of rotatable bonds is 7. The molecule has 1 heterocycles. The molecule has 3 aromatic rings. The SMILES string of the molecule is OC/C=C\COC(c1ccccc1)(c1ccccc1)c1ccncc1. The zero-order valence-electron chi connectivity index (χ0n) is 14.0. The van der Waals surface area contributed by atoms with Crippen LogP contribution in [0, 0.1) is 0 Å². The van der Waals surface area contributed by atoms with Gasteiger partial charge in [0.1, 0.15) is 5.60 Å². The first-order valence-electron chi connectivity index (χ1n) is 8.29. The molecule has 0 atom stereocenters. The Labute approximate surface area is 148 Å². The van der Waals surface area contributed by atoms with Crippen molar-refractivity contribution in [1.29, 1.82) is 0 Å². The minimum atomic E-state index is -0.745. The van der Waals surface area contributed by atoms with Crippen LogP contribution >= 0.6 is 0 Å². The minimum Gasteiger partial charge on any atom is -0.392 e. The summed E-state index contributed by atoms with van der Waals surface area (Å²) in [6.45, 7) is 0.384. The monoisotopic (exact) mass is 331 g/mol. The summed E-state index contributed by atoms with van der Waals surface area (Å²) in [5.74, 6) is 0. The maximum atomic E-state index is 9.00. The van der Waals surface area contributed by atoms with Gasteiger partial charge < -0.3 is 9.84 Å². The van der Waals surface area contributed by atoms with Gasteiger partial charge in [-0.25, -0.2) is 0 Å². The summed E-state index contributed by atoms with van der Waals surface area (Å²) in [5, 5.41) is 9.00. The van der Waals surface area contributed by atoms with Crippen molar-refractivity contribution >= 4 is 0 Å². The number of hydrogen-bond acceptors (Lipinski definition) is 3. The number of benzene rings is 2. The van der Waals surface area contributed by atoms with Gasteiger partial charge in [-0.2, -0.15) is 0 Å². The van der Waals surface area contributed by atoms with Crippen molar-refractivity contribution in [3.05, 3.63) is 114 Å². The van der Waals surface area contributed by atoms with Crippen molar-refractivity contribution in [1.82, 2.24) is 4.98 Å². The first-order valence-corrected chi connectivity index (χ1v) is 8.29. The molecular formula is C22H21NO2. The number of aliphatic hydroxyl groups is 1. The predicted molar refractivity (Wildman–Crippen MR) is 99.2 cm³/mol. The molecule has 3 heteroatoms. The van der Waals surface area contributed by atoms with Crippen molar-refractivity contribution in [3.8, 4) is 0 Å². The van der Waals surface area contributed by atoms with E-state index in [2.05, 4.69) is 29.2 Å². The largest absolute Gasteiger partial charge is 0.392 e. The third kappa shape index (κ3) is 3.68. The molecule has 0 amide bonds. The van der Waals surface area contributed by atoms with Gasteiger partial charge in [0.2, 0.25) is 0 Å². The first kappa shape index (κ1) is 17.1. The topological polar surface area (TPSA) is 42.4 Å². The highest BCUT2D eigenvalue weighted by atomic mass is 16.5. The van der Waals surface area contributed by atoms with E-state index < -0.39 is 5.60 Å². The van der Waals surface area contributed by atoms with Crippen LogP contribution in [0.5, 0.6) is 0 Å². The second-order valence-electron chi connectivity index (χ2n) is 5.61. The van der Waals surface area contributed by atoms with E-state index >= 15 is 0 Å². The van der Waals surface area contributed by atoms with Crippen LogP contribution in [0.2, 0.25) is 0 Å². The normalized spacial score (nSPS) is 11.7. The fourth-order valence-electron chi connectivity index (χ4n) is 3.00. The molecule has 0 saturated carbocycles. The average molecular weight is 331 g/mol. The van der Waals surface area contributed by atoms with Crippen molar-refractivity contribution in [3.63, 3.8) is 0 Å². The van der Waals surface area contributed by atoms with E-state index in [1.807, 2.05) is 54.6 Å². The number of nitrogens with zero attached hydrogens (tertiary/aromatic N) is 1. The minimum absolute atomic E-state index is 0.00227. The molecular weight excluding hydrogens is 310 g/mol. The number of hydrogen-bond donors (Lipinski definition) is 1. The van der Waals surface area contributed by atoms with Gasteiger partial charge in [0.05, 0.1) is 13.2 Å². The molecule has 126 valence electrons. The molecule has 25 heavy (non-hydrogen) atoms. The Morgan fingerprint density at radius 1 is 0.760 bits per heavy atom. The molecule has 0 aliphatic rings. The van der Waals surface area contributed by atoms with Gasteiger partial charge in [0.25, 0.3) is 0 Å². The lowest BCUT2D eigenvalue weighted by Gasteiger charge is -2.35. The lowest BCUT2D eigenvalue weighted by molar-refractivity contribution is 0.0317. The predicted octanol–water partition coefficient (Wildman–Crippen LogP) is 3.94. The van der Waals surface area contributed by atoms with Gasteiger partial charge in [-0.1, -0.05) is 72.8 Å². The summed E-state index contributed by atoms with van der Waals surface area (Å²) in [4.78, 5) is 4.15. The molecule has 0 bridgehead atoms. The van der Waals surface area contributed by atoms with Crippen LogP contribution in [0.15, 0.2) is 97.3 Å². The molecule has 0 spiro atoms. The molecule has 0 saturated heterocycles. The third-order valence-electron chi connectivity index (χ3n) is 4.12. The molecule has 1 N–H and O–H groups in total. The second kappa shape index (κ2) is 8.38. The number of aromatic nitrogens is 1. The summed E-state index contributed by atoms with van der Waals surface area (Å²) >= 11 is 0. The Bertz CT molecular complexity index is 689. The average Bonchev–Trinajstić information content (AvgIpc) is 2.70. The lowest BCUT2D eigenvalue weighted by Crippen LogP contribution is -2.33. The van der Waals surface area contributed by atoms with Gasteiger partial charge in [0, 0.05) is 12.4 Å². The Hall–Kier alpha value is -2.75. The van der Waals surface area contributed by atoms with Gasteiger partial charge in [-0.3, -0.25) is 4.98 Å². The molecule has 3 nitrogen and oxygen atoms in total. The molecule has 1 aromatic heterocycles. The first-order chi connectivity index (χ1) is 12.4. The molecule has 0 fully saturated rings. The molecule has 0 radical (unpaired) electrons.